The van der Waals surface area contributed by atoms with E-state index in [4.69, 9.17) is 0 Å². The SMILES string of the molecule is C=C(Br)C/C(=C/CCC#CC[Si](C(C)C)(C(C)C)C(C)C)CC. The summed E-state index contributed by atoms with van der Waals surface area (Å²) in [5.74, 6) is 7.00. The van der Waals surface area contributed by atoms with Crippen molar-refractivity contribution < 1.29 is 0 Å². The number of allylic oxidation sites excluding steroid dienone is 3. The molecule has 0 aliphatic rings. The average Bonchev–Trinajstić information content (AvgIpc) is 2.43. The molecule has 0 radical (unpaired) electrons. The van der Waals surface area contributed by atoms with Crippen LogP contribution in [0.1, 0.15) is 74.1 Å². The summed E-state index contributed by atoms with van der Waals surface area (Å²) >= 11 is 3.45. The van der Waals surface area contributed by atoms with E-state index in [1.54, 1.807) is 0 Å². The van der Waals surface area contributed by atoms with Gasteiger partial charge in [0.25, 0.3) is 0 Å². The molecule has 0 aromatic rings. The molecule has 0 nitrogen and oxygen atoms in total. The normalized spacial score (nSPS) is 12.7. The molecule has 0 unspecified atom stereocenters. The molecule has 0 N–H and O–H groups in total. The van der Waals surface area contributed by atoms with Gasteiger partial charge < -0.3 is 0 Å². The lowest BCUT2D eigenvalue weighted by atomic mass is 10.1. The highest BCUT2D eigenvalue weighted by atomic mass is 79.9. The molecule has 0 atom stereocenters. The summed E-state index contributed by atoms with van der Waals surface area (Å²) < 4.78 is 1.07. The summed E-state index contributed by atoms with van der Waals surface area (Å²) in [7, 11) is -1.35. The van der Waals surface area contributed by atoms with Crippen LogP contribution in [0.3, 0.4) is 0 Å². The summed E-state index contributed by atoms with van der Waals surface area (Å²) in [6.45, 7) is 20.6. The van der Waals surface area contributed by atoms with E-state index in [0.29, 0.717) is 0 Å². The van der Waals surface area contributed by atoms with Crippen LogP contribution in [0, 0.1) is 11.8 Å². The van der Waals surface area contributed by atoms with Gasteiger partial charge in [-0.3, -0.25) is 0 Å². The zero-order chi connectivity index (χ0) is 18.0. The van der Waals surface area contributed by atoms with E-state index in [-0.39, 0.29) is 0 Å². The van der Waals surface area contributed by atoms with Crippen molar-refractivity contribution in [1.29, 1.82) is 0 Å². The van der Waals surface area contributed by atoms with Crippen molar-refractivity contribution in [3.8, 4) is 11.8 Å². The third-order valence-electron chi connectivity index (χ3n) is 5.32. The predicted molar refractivity (Wildman–Crippen MR) is 114 cm³/mol. The Bertz CT molecular complexity index is 424. The molecule has 0 bridgehead atoms. The van der Waals surface area contributed by atoms with Gasteiger partial charge in [0.15, 0.2) is 0 Å². The molecule has 0 aromatic heterocycles. The summed E-state index contributed by atoms with van der Waals surface area (Å²) in [6.07, 6.45) is 6.46. The van der Waals surface area contributed by atoms with E-state index < -0.39 is 8.07 Å². The van der Waals surface area contributed by atoms with Gasteiger partial charge in [0, 0.05) is 12.5 Å². The maximum atomic E-state index is 3.93. The van der Waals surface area contributed by atoms with Crippen molar-refractivity contribution in [2.45, 2.75) is 96.8 Å². The highest BCUT2D eigenvalue weighted by Gasteiger charge is 2.41. The minimum absolute atomic E-state index is 0.799. The van der Waals surface area contributed by atoms with Crippen LogP contribution in [-0.4, -0.2) is 8.07 Å². The Balaban J connectivity index is 4.70. The Morgan fingerprint density at radius 1 is 1.04 bits per heavy atom. The minimum atomic E-state index is -1.35. The Hall–Kier alpha value is -0.263. The first-order valence-corrected chi connectivity index (χ1v) is 12.4. The first-order chi connectivity index (χ1) is 10.7. The molecule has 0 fully saturated rings. The molecule has 132 valence electrons. The lowest BCUT2D eigenvalue weighted by Gasteiger charge is -2.42. The van der Waals surface area contributed by atoms with E-state index in [1.807, 2.05) is 0 Å². The molecule has 0 heterocycles. The largest absolute Gasteiger partial charge is 0.106 e. The van der Waals surface area contributed by atoms with E-state index in [1.165, 1.54) is 5.57 Å². The first-order valence-electron chi connectivity index (χ1n) is 9.15. The quantitative estimate of drug-likeness (QED) is 0.160. The van der Waals surface area contributed by atoms with Gasteiger partial charge in [-0.2, -0.15) is 0 Å². The van der Waals surface area contributed by atoms with Crippen LogP contribution in [0.4, 0.5) is 0 Å². The van der Waals surface area contributed by atoms with Crippen LogP contribution >= 0.6 is 15.9 Å². The fourth-order valence-electron chi connectivity index (χ4n) is 3.85. The van der Waals surface area contributed by atoms with Gasteiger partial charge >= 0.3 is 0 Å². The second kappa shape index (κ2) is 11.3. The number of rotatable bonds is 9. The molecule has 0 aliphatic heterocycles. The molecule has 2 heteroatoms. The van der Waals surface area contributed by atoms with E-state index in [9.17, 15) is 0 Å². The molecular formula is C21H37BrSi. The molecular weight excluding hydrogens is 360 g/mol. The third-order valence-corrected chi connectivity index (χ3v) is 12.8. The Kier molecular flexibility index (Phi) is 11.2. The molecule has 0 spiro atoms. The van der Waals surface area contributed by atoms with Gasteiger partial charge in [0.1, 0.15) is 0 Å². The highest BCUT2D eigenvalue weighted by Crippen LogP contribution is 2.44. The average molecular weight is 398 g/mol. The van der Waals surface area contributed by atoms with Crippen LogP contribution in [0.15, 0.2) is 22.7 Å². The third kappa shape index (κ3) is 7.44. The topological polar surface area (TPSA) is 0 Å². The number of hydrogen-bond donors (Lipinski definition) is 0. The lowest BCUT2D eigenvalue weighted by molar-refractivity contribution is 0.813. The fraction of sp³-hybridized carbons (Fsp3) is 0.714. The fourth-order valence-corrected chi connectivity index (χ4v) is 9.87. The molecule has 23 heavy (non-hydrogen) atoms. The Morgan fingerprint density at radius 3 is 1.96 bits per heavy atom. The lowest BCUT2D eigenvalue weighted by Crippen LogP contribution is -2.43. The molecule has 0 aromatic carbocycles. The number of unbranched alkanes of at least 4 members (excludes halogenated alkanes) is 1. The molecule has 0 rings (SSSR count). The van der Waals surface area contributed by atoms with E-state index in [2.05, 4.69) is 88.9 Å². The zero-order valence-electron chi connectivity index (χ0n) is 16.4. The number of hydrogen-bond acceptors (Lipinski definition) is 0. The Labute approximate surface area is 155 Å². The van der Waals surface area contributed by atoms with Gasteiger partial charge in [-0.05, 0) is 40.4 Å². The van der Waals surface area contributed by atoms with Crippen molar-refractivity contribution in [2.75, 3.05) is 0 Å². The van der Waals surface area contributed by atoms with Crippen LogP contribution in [-0.2, 0) is 0 Å². The van der Waals surface area contributed by atoms with Crippen LogP contribution in [0.2, 0.25) is 22.7 Å². The van der Waals surface area contributed by atoms with Crippen molar-refractivity contribution in [2.24, 2.45) is 0 Å². The van der Waals surface area contributed by atoms with Crippen LogP contribution in [0.25, 0.3) is 0 Å². The highest BCUT2D eigenvalue weighted by molar-refractivity contribution is 9.11. The van der Waals surface area contributed by atoms with Crippen molar-refractivity contribution in [3.05, 3.63) is 22.7 Å². The smallest absolute Gasteiger partial charge is 0.0740 e. The van der Waals surface area contributed by atoms with Crippen LogP contribution in [0.5, 0.6) is 0 Å². The predicted octanol–water partition coefficient (Wildman–Crippen LogP) is 8.08. The maximum absolute atomic E-state index is 3.93. The van der Waals surface area contributed by atoms with Crippen molar-refractivity contribution in [3.63, 3.8) is 0 Å². The second-order valence-electron chi connectivity index (χ2n) is 7.56. The monoisotopic (exact) mass is 396 g/mol. The van der Waals surface area contributed by atoms with Gasteiger partial charge in [0.05, 0.1) is 8.07 Å². The Morgan fingerprint density at radius 2 is 1.57 bits per heavy atom. The summed E-state index contributed by atoms with van der Waals surface area (Å²) in [4.78, 5) is 0. The van der Waals surface area contributed by atoms with Crippen molar-refractivity contribution >= 4 is 24.0 Å². The van der Waals surface area contributed by atoms with Gasteiger partial charge in [-0.15, -0.1) is 11.8 Å². The maximum Gasteiger partial charge on any atom is 0.0740 e. The second-order valence-corrected chi connectivity index (χ2v) is 14.7. The first kappa shape index (κ1) is 22.7. The van der Waals surface area contributed by atoms with Gasteiger partial charge in [0.2, 0.25) is 0 Å². The summed E-state index contributed by atoms with van der Waals surface area (Å²) in [5, 5.41) is 0. The van der Waals surface area contributed by atoms with E-state index >= 15 is 0 Å². The molecule has 0 amide bonds. The number of halogens is 1. The minimum Gasteiger partial charge on any atom is -0.106 e. The zero-order valence-corrected chi connectivity index (χ0v) is 19.0. The van der Waals surface area contributed by atoms with Gasteiger partial charge in [-0.1, -0.05) is 82.6 Å². The van der Waals surface area contributed by atoms with Crippen molar-refractivity contribution in [1.82, 2.24) is 0 Å². The van der Waals surface area contributed by atoms with Gasteiger partial charge in [-0.25, -0.2) is 0 Å². The van der Waals surface area contributed by atoms with E-state index in [0.717, 1.165) is 52.8 Å². The molecule has 0 saturated heterocycles. The standard InChI is InChI=1S/C21H37BrSi/c1-9-21(16-20(8)22)14-12-10-11-13-15-23(17(2)3,18(4)5)19(6)7/h14,17-19H,8-10,12,15-16H2,1-7H3/b21-14+. The van der Waals surface area contributed by atoms with Crippen LogP contribution < -0.4 is 0 Å². The molecule has 0 saturated carbocycles. The summed E-state index contributed by atoms with van der Waals surface area (Å²) in [5.41, 5.74) is 3.86. The molecule has 0 aliphatic carbocycles. The summed E-state index contributed by atoms with van der Waals surface area (Å²) in [6, 6.07) is 1.16.